The summed E-state index contributed by atoms with van der Waals surface area (Å²) >= 11 is 0. The molecule has 0 aromatic carbocycles. The van der Waals surface area contributed by atoms with Crippen LogP contribution in [0.15, 0.2) is 0 Å². The van der Waals surface area contributed by atoms with Gasteiger partial charge in [-0.05, 0) is 32.6 Å². The highest BCUT2D eigenvalue weighted by molar-refractivity contribution is 5.94. The van der Waals surface area contributed by atoms with Crippen molar-refractivity contribution in [2.45, 2.75) is 71.1 Å². The van der Waals surface area contributed by atoms with Crippen molar-refractivity contribution < 1.29 is 24.3 Å². The molecular weight excluding hydrogens is 340 g/mol. The third kappa shape index (κ3) is 5.42. The number of likely N-dealkylation sites (tertiary alicyclic amines) is 1. The summed E-state index contributed by atoms with van der Waals surface area (Å²) in [5, 5.41) is 14.4. The number of amides is 3. The SMILES string of the molecule is CCC(C)C(NC(=O)C1CCCN1C(=O)C(C)NC(=O)C(C)N)C(=O)O. The minimum Gasteiger partial charge on any atom is -0.480 e. The molecule has 26 heavy (non-hydrogen) atoms. The summed E-state index contributed by atoms with van der Waals surface area (Å²) in [5.41, 5.74) is 5.48. The fourth-order valence-electron chi connectivity index (χ4n) is 2.89. The lowest BCUT2D eigenvalue weighted by Gasteiger charge is -2.29. The molecule has 1 fully saturated rings. The average molecular weight is 370 g/mol. The molecular formula is C17H30N4O5. The molecule has 0 spiro atoms. The minimum absolute atomic E-state index is 0.230. The maximum Gasteiger partial charge on any atom is 0.326 e. The van der Waals surface area contributed by atoms with E-state index in [-0.39, 0.29) is 11.8 Å². The first kappa shape index (κ1) is 21.9. The van der Waals surface area contributed by atoms with Crippen LogP contribution in [-0.4, -0.2) is 64.4 Å². The lowest BCUT2D eigenvalue weighted by molar-refractivity contribution is -0.145. The highest BCUT2D eigenvalue weighted by atomic mass is 16.4. The first-order valence-electron chi connectivity index (χ1n) is 8.99. The van der Waals surface area contributed by atoms with Gasteiger partial charge in [0.15, 0.2) is 0 Å². The molecule has 1 heterocycles. The molecule has 0 aliphatic carbocycles. The van der Waals surface area contributed by atoms with Crippen LogP contribution in [0.2, 0.25) is 0 Å². The van der Waals surface area contributed by atoms with Crippen LogP contribution in [0.1, 0.15) is 47.0 Å². The summed E-state index contributed by atoms with van der Waals surface area (Å²) in [5.74, 6) is -2.64. The normalized spacial score (nSPS) is 21.4. The van der Waals surface area contributed by atoms with E-state index in [9.17, 15) is 24.3 Å². The number of carbonyl (C=O) groups excluding carboxylic acids is 3. The van der Waals surface area contributed by atoms with Gasteiger partial charge in [0.2, 0.25) is 17.7 Å². The molecule has 9 nitrogen and oxygen atoms in total. The van der Waals surface area contributed by atoms with Gasteiger partial charge in [-0.15, -0.1) is 0 Å². The second kappa shape index (κ2) is 9.51. The Labute approximate surface area is 153 Å². The summed E-state index contributed by atoms with van der Waals surface area (Å²) in [6, 6.07) is -3.29. The first-order valence-corrected chi connectivity index (χ1v) is 8.99. The van der Waals surface area contributed by atoms with Crippen LogP contribution in [0, 0.1) is 5.92 Å². The van der Waals surface area contributed by atoms with E-state index >= 15 is 0 Å². The topological polar surface area (TPSA) is 142 Å². The predicted molar refractivity (Wildman–Crippen MR) is 95.0 cm³/mol. The number of hydrogen-bond acceptors (Lipinski definition) is 5. The van der Waals surface area contributed by atoms with E-state index in [1.54, 1.807) is 6.92 Å². The monoisotopic (exact) mass is 370 g/mol. The maximum absolute atomic E-state index is 12.6. The molecule has 1 aliphatic rings. The van der Waals surface area contributed by atoms with E-state index in [0.717, 1.165) is 0 Å². The number of hydrogen-bond donors (Lipinski definition) is 4. The fourth-order valence-corrected chi connectivity index (χ4v) is 2.89. The lowest BCUT2D eigenvalue weighted by atomic mass is 9.98. The van der Waals surface area contributed by atoms with Crippen LogP contribution < -0.4 is 16.4 Å². The fraction of sp³-hybridized carbons (Fsp3) is 0.765. The zero-order valence-electron chi connectivity index (χ0n) is 15.8. The molecule has 1 saturated heterocycles. The Hall–Kier alpha value is -2.16. The number of nitrogens with two attached hydrogens (primary N) is 1. The second-order valence-electron chi connectivity index (χ2n) is 6.92. The zero-order valence-corrected chi connectivity index (χ0v) is 15.8. The molecule has 0 bridgehead atoms. The van der Waals surface area contributed by atoms with Crippen LogP contribution in [0.25, 0.3) is 0 Å². The van der Waals surface area contributed by atoms with Gasteiger partial charge in [-0.2, -0.15) is 0 Å². The molecule has 3 amide bonds. The quantitative estimate of drug-likeness (QED) is 0.451. The first-order chi connectivity index (χ1) is 12.1. The van der Waals surface area contributed by atoms with Crippen molar-refractivity contribution in [2.75, 3.05) is 6.54 Å². The van der Waals surface area contributed by atoms with Crippen LogP contribution >= 0.6 is 0 Å². The van der Waals surface area contributed by atoms with Gasteiger partial charge in [0.1, 0.15) is 18.1 Å². The Bertz CT molecular complexity index is 551. The van der Waals surface area contributed by atoms with Crippen molar-refractivity contribution in [3.63, 3.8) is 0 Å². The van der Waals surface area contributed by atoms with Gasteiger partial charge in [0, 0.05) is 6.54 Å². The molecule has 0 saturated carbocycles. The van der Waals surface area contributed by atoms with Crippen LogP contribution in [-0.2, 0) is 19.2 Å². The maximum atomic E-state index is 12.6. The van der Waals surface area contributed by atoms with E-state index < -0.39 is 42.0 Å². The van der Waals surface area contributed by atoms with Gasteiger partial charge in [0.05, 0.1) is 6.04 Å². The summed E-state index contributed by atoms with van der Waals surface area (Å²) in [7, 11) is 0. The minimum atomic E-state index is -1.10. The molecule has 9 heteroatoms. The highest BCUT2D eigenvalue weighted by Gasteiger charge is 2.38. The van der Waals surface area contributed by atoms with Crippen molar-refractivity contribution in [1.29, 1.82) is 0 Å². The van der Waals surface area contributed by atoms with Crippen molar-refractivity contribution >= 4 is 23.7 Å². The zero-order chi connectivity index (χ0) is 20.0. The van der Waals surface area contributed by atoms with E-state index in [1.165, 1.54) is 18.7 Å². The molecule has 0 aromatic rings. The van der Waals surface area contributed by atoms with Gasteiger partial charge in [0.25, 0.3) is 0 Å². The third-order valence-electron chi connectivity index (χ3n) is 4.76. The summed E-state index contributed by atoms with van der Waals surface area (Å²) in [6.45, 7) is 7.04. The van der Waals surface area contributed by atoms with Crippen LogP contribution in [0.5, 0.6) is 0 Å². The van der Waals surface area contributed by atoms with Crippen molar-refractivity contribution in [1.82, 2.24) is 15.5 Å². The molecule has 148 valence electrons. The Morgan fingerprint density at radius 1 is 1.19 bits per heavy atom. The number of aliphatic carboxylic acids is 1. The molecule has 5 N–H and O–H groups in total. The summed E-state index contributed by atoms with van der Waals surface area (Å²) in [4.78, 5) is 49.6. The molecule has 5 unspecified atom stereocenters. The average Bonchev–Trinajstić information content (AvgIpc) is 3.07. The Balaban J connectivity index is 2.79. The molecule has 1 aliphatic heterocycles. The third-order valence-corrected chi connectivity index (χ3v) is 4.76. The van der Waals surface area contributed by atoms with Crippen LogP contribution in [0.4, 0.5) is 0 Å². The molecule has 0 radical (unpaired) electrons. The van der Waals surface area contributed by atoms with Crippen molar-refractivity contribution in [3.05, 3.63) is 0 Å². The van der Waals surface area contributed by atoms with Gasteiger partial charge in [-0.25, -0.2) is 4.79 Å². The van der Waals surface area contributed by atoms with Gasteiger partial charge < -0.3 is 26.4 Å². The Morgan fingerprint density at radius 2 is 1.81 bits per heavy atom. The Kier molecular flexibility index (Phi) is 8.01. The summed E-state index contributed by atoms with van der Waals surface area (Å²) < 4.78 is 0. The van der Waals surface area contributed by atoms with E-state index in [1.807, 2.05) is 6.92 Å². The van der Waals surface area contributed by atoms with E-state index in [2.05, 4.69) is 10.6 Å². The number of carbonyl (C=O) groups is 4. The van der Waals surface area contributed by atoms with Gasteiger partial charge in [-0.1, -0.05) is 20.3 Å². The lowest BCUT2D eigenvalue weighted by Crippen LogP contribution is -2.56. The largest absolute Gasteiger partial charge is 0.480 e. The number of carboxylic acid groups (broad SMARTS) is 1. The standard InChI is InChI=1S/C17H30N4O5/c1-5-9(2)13(17(25)26)20-15(23)12-7-6-8-21(12)16(24)11(4)19-14(22)10(3)18/h9-13H,5-8,18H2,1-4H3,(H,19,22)(H,20,23)(H,25,26). The highest BCUT2D eigenvalue weighted by Crippen LogP contribution is 2.19. The second-order valence-corrected chi connectivity index (χ2v) is 6.92. The predicted octanol–water partition coefficient (Wildman–Crippen LogP) is -0.555. The van der Waals surface area contributed by atoms with E-state index in [4.69, 9.17) is 5.73 Å². The van der Waals surface area contributed by atoms with Crippen LogP contribution in [0.3, 0.4) is 0 Å². The van der Waals surface area contributed by atoms with Crippen molar-refractivity contribution in [3.8, 4) is 0 Å². The van der Waals surface area contributed by atoms with Crippen molar-refractivity contribution in [2.24, 2.45) is 11.7 Å². The van der Waals surface area contributed by atoms with Gasteiger partial charge in [-0.3, -0.25) is 14.4 Å². The number of carboxylic acids is 1. The number of nitrogens with one attached hydrogen (secondary N) is 2. The Morgan fingerprint density at radius 3 is 2.31 bits per heavy atom. The molecule has 5 atom stereocenters. The molecule has 1 rings (SSSR count). The van der Waals surface area contributed by atoms with E-state index in [0.29, 0.717) is 25.8 Å². The number of nitrogens with zero attached hydrogens (tertiary/aromatic N) is 1. The number of rotatable bonds is 8. The summed E-state index contributed by atoms with van der Waals surface area (Å²) in [6.07, 6.45) is 1.70. The molecule has 0 aromatic heterocycles. The smallest absolute Gasteiger partial charge is 0.326 e. The van der Waals surface area contributed by atoms with Gasteiger partial charge >= 0.3 is 5.97 Å².